The van der Waals surface area contributed by atoms with Crippen molar-refractivity contribution >= 4 is 23.9 Å². The highest BCUT2D eigenvalue weighted by Gasteiger charge is 2.20. The van der Waals surface area contributed by atoms with Gasteiger partial charge < -0.3 is 20.7 Å². The summed E-state index contributed by atoms with van der Waals surface area (Å²) in [7, 11) is 0. The number of aromatic nitrogens is 2. The molecule has 0 aliphatic carbocycles. The van der Waals surface area contributed by atoms with Gasteiger partial charge in [0, 0.05) is 29.4 Å². The molecule has 176 valence electrons. The second-order valence-electron chi connectivity index (χ2n) is 7.68. The van der Waals surface area contributed by atoms with Crippen LogP contribution in [0.2, 0.25) is 0 Å². The van der Waals surface area contributed by atoms with Gasteiger partial charge in [0.15, 0.2) is 0 Å². The fraction of sp³-hybridized carbons (Fsp3) is 0.167. The van der Waals surface area contributed by atoms with Crippen LogP contribution in [0, 0.1) is 32.4 Å². The van der Waals surface area contributed by atoms with Crippen LogP contribution in [0.25, 0.3) is 6.08 Å². The largest absolute Gasteiger partial charge is 0.477 e. The molecule has 0 radical (unpaired) electrons. The number of aryl methyl sites for hydroxylation is 3. The number of rotatable bonds is 7. The Morgan fingerprint density at radius 3 is 2.15 bits per heavy atom. The maximum absolute atomic E-state index is 13.3. The van der Waals surface area contributed by atoms with Gasteiger partial charge in [-0.05, 0) is 67.8 Å². The van der Waals surface area contributed by atoms with Gasteiger partial charge in [0.05, 0.1) is 12.0 Å². The molecule has 0 aliphatic heterocycles. The Bertz CT molecular complexity index is 1270. The summed E-state index contributed by atoms with van der Waals surface area (Å²) in [4.78, 5) is 43.9. The molecule has 4 N–H and O–H groups in total. The number of carbonyl (C=O) groups is 3. The standard InChI is InChI=1S/C24H22F2N4O4/c1-12-4-16(22(31)27-10-15-6-17(25)8-18(26)7-15)5-13(2)21(12)23(32)30-20(24(33)34)9-19-14(3)28-11-29-19/h4-9,11H,10H2,1-3H3,(H,27,31)(H,28,29)(H,30,32)(H,33,34)/b20-9-. The lowest BCUT2D eigenvalue weighted by Crippen LogP contribution is -2.29. The third-order valence-corrected chi connectivity index (χ3v) is 5.03. The zero-order chi connectivity index (χ0) is 25.0. The summed E-state index contributed by atoms with van der Waals surface area (Å²) in [5.74, 6) is -3.98. The van der Waals surface area contributed by atoms with Gasteiger partial charge in [-0.3, -0.25) is 9.59 Å². The molecule has 1 heterocycles. The lowest BCUT2D eigenvalue weighted by atomic mass is 9.98. The molecule has 0 saturated carbocycles. The SMILES string of the molecule is Cc1cc(C(=O)NCc2cc(F)cc(F)c2)cc(C)c1C(=O)N/C(=C\c1nc[nH]c1C)C(=O)O. The molecule has 10 heteroatoms. The number of aliphatic carboxylic acids is 1. The smallest absolute Gasteiger partial charge is 0.352 e. The van der Waals surface area contributed by atoms with Crippen molar-refractivity contribution < 1.29 is 28.3 Å². The number of hydrogen-bond acceptors (Lipinski definition) is 4. The quantitative estimate of drug-likeness (QED) is 0.396. The Kier molecular flexibility index (Phi) is 7.20. The van der Waals surface area contributed by atoms with Crippen LogP contribution < -0.4 is 10.6 Å². The number of nitrogens with zero attached hydrogens (tertiary/aromatic N) is 1. The van der Waals surface area contributed by atoms with Crippen LogP contribution in [0.1, 0.15) is 48.8 Å². The maximum atomic E-state index is 13.3. The molecule has 0 unspecified atom stereocenters. The van der Waals surface area contributed by atoms with Crippen LogP contribution in [0.4, 0.5) is 8.78 Å². The van der Waals surface area contributed by atoms with Crippen molar-refractivity contribution in [3.05, 3.63) is 93.2 Å². The minimum absolute atomic E-state index is 0.0901. The predicted octanol–water partition coefficient (Wildman–Crippen LogP) is 3.40. The Balaban J connectivity index is 1.78. The molecule has 0 atom stereocenters. The number of carboxylic acids is 1. The first-order valence-corrected chi connectivity index (χ1v) is 10.2. The molecule has 0 fully saturated rings. The van der Waals surface area contributed by atoms with Crippen molar-refractivity contribution in [2.24, 2.45) is 0 Å². The highest BCUT2D eigenvalue weighted by molar-refractivity contribution is 6.05. The van der Waals surface area contributed by atoms with Crippen molar-refractivity contribution in [3.63, 3.8) is 0 Å². The van der Waals surface area contributed by atoms with Gasteiger partial charge in [0.25, 0.3) is 11.8 Å². The zero-order valence-electron chi connectivity index (χ0n) is 18.6. The van der Waals surface area contributed by atoms with E-state index in [0.717, 1.165) is 18.2 Å². The summed E-state index contributed by atoms with van der Waals surface area (Å²) in [6, 6.07) is 5.93. The monoisotopic (exact) mass is 468 g/mol. The predicted molar refractivity (Wildman–Crippen MR) is 120 cm³/mol. The molecule has 3 aromatic rings. The molecule has 2 amide bonds. The van der Waals surface area contributed by atoms with E-state index >= 15 is 0 Å². The number of amides is 2. The topological polar surface area (TPSA) is 124 Å². The Morgan fingerprint density at radius 2 is 1.62 bits per heavy atom. The van der Waals surface area contributed by atoms with Crippen molar-refractivity contribution in [1.82, 2.24) is 20.6 Å². The molecular weight excluding hydrogens is 446 g/mol. The second kappa shape index (κ2) is 10.1. The molecule has 0 spiro atoms. The number of nitrogens with one attached hydrogen (secondary N) is 3. The number of imidazole rings is 1. The van der Waals surface area contributed by atoms with E-state index in [4.69, 9.17) is 0 Å². The van der Waals surface area contributed by atoms with Gasteiger partial charge in [0.1, 0.15) is 17.3 Å². The second-order valence-corrected chi connectivity index (χ2v) is 7.68. The van der Waals surface area contributed by atoms with Gasteiger partial charge in [-0.1, -0.05) is 0 Å². The summed E-state index contributed by atoms with van der Waals surface area (Å²) < 4.78 is 26.7. The molecule has 8 nitrogen and oxygen atoms in total. The third-order valence-electron chi connectivity index (χ3n) is 5.03. The minimum Gasteiger partial charge on any atom is -0.477 e. The molecule has 0 saturated heterocycles. The Morgan fingerprint density at radius 1 is 1.00 bits per heavy atom. The van der Waals surface area contributed by atoms with Gasteiger partial charge in [-0.2, -0.15) is 0 Å². The van der Waals surface area contributed by atoms with Crippen molar-refractivity contribution in [2.45, 2.75) is 27.3 Å². The number of hydrogen-bond donors (Lipinski definition) is 4. The Hall–Kier alpha value is -4.34. The van der Waals surface area contributed by atoms with E-state index < -0.39 is 29.4 Å². The third kappa shape index (κ3) is 5.71. The molecule has 1 aromatic heterocycles. The van der Waals surface area contributed by atoms with Gasteiger partial charge >= 0.3 is 5.97 Å². The molecule has 0 aliphatic rings. The normalized spacial score (nSPS) is 11.3. The summed E-state index contributed by atoms with van der Waals surface area (Å²) in [5.41, 5.74) is 2.26. The number of aromatic amines is 1. The highest BCUT2D eigenvalue weighted by atomic mass is 19.1. The van der Waals surface area contributed by atoms with E-state index in [-0.39, 0.29) is 28.9 Å². The first-order valence-electron chi connectivity index (χ1n) is 10.2. The van der Waals surface area contributed by atoms with E-state index in [1.54, 1.807) is 20.8 Å². The first-order chi connectivity index (χ1) is 16.0. The lowest BCUT2D eigenvalue weighted by Gasteiger charge is -2.13. The number of carboxylic acid groups (broad SMARTS) is 1. The van der Waals surface area contributed by atoms with E-state index in [1.165, 1.54) is 24.5 Å². The number of halogens is 2. The number of H-pyrrole nitrogens is 1. The summed E-state index contributed by atoms with van der Waals surface area (Å²) >= 11 is 0. The van der Waals surface area contributed by atoms with Crippen LogP contribution in [0.3, 0.4) is 0 Å². The zero-order valence-corrected chi connectivity index (χ0v) is 18.6. The van der Waals surface area contributed by atoms with Crippen LogP contribution in [0.5, 0.6) is 0 Å². The maximum Gasteiger partial charge on any atom is 0.352 e. The number of carbonyl (C=O) groups excluding carboxylic acids is 2. The fourth-order valence-electron chi connectivity index (χ4n) is 3.44. The summed E-state index contributed by atoms with van der Waals surface area (Å²) in [6.07, 6.45) is 2.65. The van der Waals surface area contributed by atoms with E-state index in [9.17, 15) is 28.3 Å². The van der Waals surface area contributed by atoms with Crippen molar-refractivity contribution in [1.29, 1.82) is 0 Å². The first kappa shape index (κ1) is 24.3. The molecular formula is C24H22F2N4O4. The van der Waals surface area contributed by atoms with Gasteiger partial charge in [-0.15, -0.1) is 0 Å². The van der Waals surface area contributed by atoms with E-state index in [0.29, 0.717) is 22.5 Å². The highest BCUT2D eigenvalue weighted by Crippen LogP contribution is 2.18. The van der Waals surface area contributed by atoms with E-state index in [1.807, 2.05) is 0 Å². The van der Waals surface area contributed by atoms with Crippen molar-refractivity contribution in [2.75, 3.05) is 0 Å². The van der Waals surface area contributed by atoms with Crippen LogP contribution >= 0.6 is 0 Å². The van der Waals surface area contributed by atoms with Crippen molar-refractivity contribution in [3.8, 4) is 0 Å². The summed E-state index contributed by atoms with van der Waals surface area (Å²) in [5, 5.41) is 14.4. The van der Waals surface area contributed by atoms with Crippen LogP contribution in [0.15, 0.2) is 42.4 Å². The van der Waals surface area contributed by atoms with Crippen LogP contribution in [-0.4, -0.2) is 32.9 Å². The average Bonchev–Trinajstić information content (AvgIpc) is 3.14. The average molecular weight is 468 g/mol. The van der Waals surface area contributed by atoms with Gasteiger partial charge in [-0.25, -0.2) is 18.6 Å². The molecule has 3 rings (SSSR count). The van der Waals surface area contributed by atoms with Crippen LogP contribution in [-0.2, 0) is 11.3 Å². The molecule has 34 heavy (non-hydrogen) atoms. The number of benzene rings is 2. The minimum atomic E-state index is -1.34. The van der Waals surface area contributed by atoms with E-state index in [2.05, 4.69) is 20.6 Å². The fourth-order valence-corrected chi connectivity index (χ4v) is 3.44. The molecule has 0 bridgehead atoms. The summed E-state index contributed by atoms with van der Waals surface area (Å²) in [6.45, 7) is 4.85. The lowest BCUT2D eigenvalue weighted by molar-refractivity contribution is -0.132. The molecule has 2 aromatic carbocycles. The van der Waals surface area contributed by atoms with Gasteiger partial charge in [0.2, 0.25) is 0 Å². The Labute approximate surface area is 193 Å².